The predicted molar refractivity (Wildman–Crippen MR) is 50.5 cm³/mol. The number of carbonyl (C=O) groups is 1. The molecule has 18 heavy (non-hydrogen) atoms. The summed E-state index contributed by atoms with van der Waals surface area (Å²) < 4.78 is 66.7. The highest BCUT2D eigenvalue weighted by Gasteiger charge is 2.40. The van der Waals surface area contributed by atoms with Crippen LogP contribution in [0.1, 0.15) is 28.0 Å². The molecule has 0 radical (unpaired) electrons. The van der Waals surface area contributed by atoms with Crippen LogP contribution < -0.4 is 0 Å². The monoisotopic (exact) mass is 289 g/mol. The molecule has 9 heteroatoms. The zero-order valence-electron chi connectivity index (χ0n) is 8.69. The zero-order chi connectivity index (χ0) is 14.1. The maximum Gasteiger partial charge on any atom is 0.433 e. The third-order valence-electron chi connectivity index (χ3n) is 1.94. The SMILES string of the molecule is COC(=O)c1cnc(C(F)(F)F)c(C(F)F)c1Cl. The molecular formula is C9H5ClF5NO2. The highest BCUT2D eigenvalue weighted by Crippen LogP contribution is 2.39. The van der Waals surface area contributed by atoms with Crippen molar-refractivity contribution in [2.45, 2.75) is 12.6 Å². The van der Waals surface area contributed by atoms with Crippen molar-refractivity contribution in [3.63, 3.8) is 0 Å². The molecule has 0 saturated carbocycles. The van der Waals surface area contributed by atoms with Crippen LogP contribution in [0.3, 0.4) is 0 Å². The molecule has 0 aromatic carbocycles. The van der Waals surface area contributed by atoms with Crippen molar-refractivity contribution in [2.24, 2.45) is 0 Å². The summed E-state index contributed by atoms with van der Waals surface area (Å²) in [5.41, 5.74) is -4.01. The second-order valence-electron chi connectivity index (χ2n) is 3.04. The van der Waals surface area contributed by atoms with Gasteiger partial charge in [-0.2, -0.15) is 13.2 Å². The van der Waals surface area contributed by atoms with Crippen LogP contribution >= 0.6 is 11.6 Å². The molecule has 1 rings (SSSR count). The number of halogens is 6. The average molecular weight is 290 g/mol. The van der Waals surface area contributed by atoms with Crippen molar-refractivity contribution in [3.05, 3.63) is 28.0 Å². The Morgan fingerprint density at radius 3 is 2.39 bits per heavy atom. The van der Waals surface area contributed by atoms with Crippen LogP contribution in [-0.2, 0) is 10.9 Å². The van der Waals surface area contributed by atoms with Crippen LogP contribution in [0.2, 0.25) is 5.02 Å². The van der Waals surface area contributed by atoms with Crippen LogP contribution in [0, 0.1) is 0 Å². The van der Waals surface area contributed by atoms with E-state index < -0.39 is 40.4 Å². The molecule has 3 nitrogen and oxygen atoms in total. The number of hydrogen-bond acceptors (Lipinski definition) is 3. The lowest BCUT2D eigenvalue weighted by molar-refractivity contribution is -0.143. The van der Waals surface area contributed by atoms with E-state index in [9.17, 15) is 26.7 Å². The van der Waals surface area contributed by atoms with E-state index in [-0.39, 0.29) is 0 Å². The second-order valence-corrected chi connectivity index (χ2v) is 3.42. The van der Waals surface area contributed by atoms with Gasteiger partial charge in [-0.25, -0.2) is 13.6 Å². The fourth-order valence-corrected chi connectivity index (χ4v) is 1.48. The summed E-state index contributed by atoms with van der Waals surface area (Å²) in [6.07, 6.45) is -8.17. The number of nitrogens with zero attached hydrogens (tertiary/aromatic N) is 1. The summed E-state index contributed by atoms with van der Waals surface area (Å²) >= 11 is 5.37. The lowest BCUT2D eigenvalue weighted by Gasteiger charge is -2.14. The van der Waals surface area contributed by atoms with Gasteiger partial charge in [0.15, 0.2) is 5.69 Å². The first kappa shape index (κ1) is 14.6. The average Bonchev–Trinajstić information content (AvgIpc) is 2.25. The summed E-state index contributed by atoms with van der Waals surface area (Å²) in [4.78, 5) is 13.9. The van der Waals surface area contributed by atoms with Gasteiger partial charge in [0, 0.05) is 6.20 Å². The second kappa shape index (κ2) is 5.05. The van der Waals surface area contributed by atoms with Crippen molar-refractivity contribution in [3.8, 4) is 0 Å². The third-order valence-corrected chi connectivity index (χ3v) is 2.35. The molecule has 100 valence electrons. The van der Waals surface area contributed by atoms with Crippen molar-refractivity contribution in [2.75, 3.05) is 7.11 Å². The van der Waals surface area contributed by atoms with E-state index in [1.165, 1.54) is 0 Å². The van der Waals surface area contributed by atoms with Crippen molar-refractivity contribution < 1.29 is 31.5 Å². The highest BCUT2D eigenvalue weighted by molar-refractivity contribution is 6.34. The number of alkyl halides is 5. The van der Waals surface area contributed by atoms with E-state index in [4.69, 9.17) is 11.6 Å². The van der Waals surface area contributed by atoms with Crippen molar-refractivity contribution >= 4 is 17.6 Å². The first-order chi connectivity index (χ1) is 8.20. The minimum absolute atomic E-state index is 0.447. The Labute approximate surface area is 103 Å². The number of hydrogen-bond donors (Lipinski definition) is 0. The van der Waals surface area contributed by atoms with E-state index >= 15 is 0 Å². The third kappa shape index (κ3) is 2.69. The molecule has 0 spiro atoms. The Bertz CT molecular complexity index is 475. The fourth-order valence-electron chi connectivity index (χ4n) is 1.18. The molecule has 0 fully saturated rings. The maximum atomic E-state index is 12.6. The van der Waals surface area contributed by atoms with E-state index in [1.807, 2.05) is 0 Å². The van der Waals surface area contributed by atoms with Gasteiger partial charge in [0.1, 0.15) is 0 Å². The molecule has 0 unspecified atom stereocenters. The van der Waals surface area contributed by atoms with Crippen LogP contribution in [0.5, 0.6) is 0 Å². The number of pyridine rings is 1. The van der Waals surface area contributed by atoms with Crippen LogP contribution in [-0.4, -0.2) is 18.1 Å². The van der Waals surface area contributed by atoms with E-state index in [2.05, 4.69) is 9.72 Å². The molecule has 1 aromatic rings. The highest BCUT2D eigenvalue weighted by atomic mass is 35.5. The van der Waals surface area contributed by atoms with Gasteiger partial charge in [0.25, 0.3) is 6.43 Å². The van der Waals surface area contributed by atoms with Gasteiger partial charge < -0.3 is 4.74 Å². The summed E-state index contributed by atoms with van der Waals surface area (Å²) in [5.74, 6) is -1.15. The van der Waals surface area contributed by atoms with Gasteiger partial charge in [0.05, 0.1) is 23.3 Å². The Balaban J connectivity index is 3.53. The summed E-state index contributed by atoms with van der Waals surface area (Å²) in [5, 5.41) is -1.01. The first-order valence-corrected chi connectivity index (χ1v) is 4.70. The molecular weight excluding hydrogens is 285 g/mol. The van der Waals surface area contributed by atoms with Gasteiger partial charge in [-0.3, -0.25) is 4.98 Å². The fraction of sp³-hybridized carbons (Fsp3) is 0.333. The lowest BCUT2D eigenvalue weighted by Crippen LogP contribution is -2.15. The number of ether oxygens (including phenoxy) is 1. The topological polar surface area (TPSA) is 39.2 Å². The Morgan fingerprint density at radius 2 is 2.00 bits per heavy atom. The van der Waals surface area contributed by atoms with Crippen molar-refractivity contribution in [1.82, 2.24) is 4.98 Å². The van der Waals surface area contributed by atoms with Gasteiger partial charge >= 0.3 is 12.1 Å². The van der Waals surface area contributed by atoms with Gasteiger partial charge in [-0.05, 0) is 0 Å². The molecule has 0 saturated heterocycles. The van der Waals surface area contributed by atoms with Crippen LogP contribution in [0.4, 0.5) is 22.0 Å². The lowest BCUT2D eigenvalue weighted by atomic mass is 10.1. The number of carbonyl (C=O) groups excluding carboxylic acids is 1. The number of rotatable bonds is 2. The minimum atomic E-state index is -5.09. The largest absolute Gasteiger partial charge is 0.465 e. The van der Waals surface area contributed by atoms with Crippen LogP contribution in [0.25, 0.3) is 0 Å². The Kier molecular flexibility index (Phi) is 4.10. The standard InChI is InChI=1S/C9H5ClF5NO2/c1-18-8(17)3-2-16-6(9(13,14)15)4(5(3)10)7(11)12/h2,7H,1H3. The van der Waals surface area contributed by atoms with Gasteiger partial charge in [0.2, 0.25) is 0 Å². The molecule has 1 aromatic heterocycles. The number of methoxy groups -OCH3 is 1. The van der Waals surface area contributed by atoms with Crippen molar-refractivity contribution in [1.29, 1.82) is 0 Å². The minimum Gasteiger partial charge on any atom is -0.465 e. The quantitative estimate of drug-likeness (QED) is 0.618. The molecule has 0 aliphatic heterocycles. The summed E-state index contributed by atoms with van der Waals surface area (Å²) in [7, 11) is 0.929. The zero-order valence-corrected chi connectivity index (χ0v) is 9.44. The van der Waals surface area contributed by atoms with E-state index in [1.54, 1.807) is 0 Å². The Morgan fingerprint density at radius 1 is 1.44 bits per heavy atom. The summed E-state index contributed by atoms with van der Waals surface area (Å²) in [6, 6.07) is 0. The van der Waals surface area contributed by atoms with Gasteiger partial charge in [-0.1, -0.05) is 11.6 Å². The van der Waals surface area contributed by atoms with Gasteiger partial charge in [-0.15, -0.1) is 0 Å². The number of esters is 1. The molecule has 1 heterocycles. The Hall–Kier alpha value is -1.44. The van der Waals surface area contributed by atoms with E-state index in [0.29, 0.717) is 6.20 Å². The molecule has 0 amide bonds. The smallest absolute Gasteiger partial charge is 0.433 e. The molecule has 0 aliphatic carbocycles. The normalized spacial score (nSPS) is 11.8. The molecule has 0 bridgehead atoms. The molecule has 0 aliphatic rings. The predicted octanol–water partition coefficient (Wildman–Crippen LogP) is 3.48. The number of aromatic nitrogens is 1. The van der Waals surface area contributed by atoms with Crippen LogP contribution in [0.15, 0.2) is 6.20 Å². The summed E-state index contributed by atoms with van der Waals surface area (Å²) in [6.45, 7) is 0. The first-order valence-electron chi connectivity index (χ1n) is 4.32. The molecule has 0 atom stereocenters. The van der Waals surface area contributed by atoms with E-state index in [0.717, 1.165) is 7.11 Å². The maximum absolute atomic E-state index is 12.6. The molecule has 0 N–H and O–H groups in total.